The SMILES string of the molecule is C=C1Oc2nc3ncccc3c(=O)n2C1(C)C. The zero-order chi connectivity index (χ0) is 12.2. The third kappa shape index (κ3) is 1.16. The van der Waals surface area contributed by atoms with E-state index in [0.717, 1.165) is 0 Å². The second kappa shape index (κ2) is 2.94. The summed E-state index contributed by atoms with van der Waals surface area (Å²) in [5.74, 6) is 0.511. The van der Waals surface area contributed by atoms with E-state index in [1.165, 1.54) is 4.57 Å². The minimum absolute atomic E-state index is 0.151. The molecule has 0 saturated heterocycles. The third-order valence-electron chi connectivity index (χ3n) is 3.07. The van der Waals surface area contributed by atoms with E-state index in [1.54, 1.807) is 18.3 Å². The molecule has 0 unspecified atom stereocenters. The molecular weight excluding hydrogens is 218 g/mol. The van der Waals surface area contributed by atoms with Crippen LogP contribution in [0.3, 0.4) is 0 Å². The molecule has 17 heavy (non-hydrogen) atoms. The maximum atomic E-state index is 12.3. The van der Waals surface area contributed by atoms with E-state index in [0.29, 0.717) is 16.8 Å². The molecule has 0 bridgehead atoms. The lowest BCUT2D eigenvalue weighted by atomic mass is 10.0. The number of hydrogen-bond acceptors (Lipinski definition) is 4. The van der Waals surface area contributed by atoms with E-state index < -0.39 is 5.54 Å². The highest BCUT2D eigenvalue weighted by molar-refractivity contribution is 5.73. The molecule has 2 aromatic rings. The zero-order valence-electron chi connectivity index (χ0n) is 9.60. The number of fused-ring (bicyclic) bond motifs is 2. The number of pyridine rings is 1. The molecule has 0 aromatic carbocycles. The highest BCUT2D eigenvalue weighted by Crippen LogP contribution is 2.34. The molecule has 5 nitrogen and oxygen atoms in total. The van der Waals surface area contributed by atoms with Crippen LogP contribution in [0.15, 0.2) is 35.5 Å². The zero-order valence-corrected chi connectivity index (χ0v) is 9.60. The van der Waals surface area contributed by atoms with Gasteiger partial charge < -0.3 is 4.74 Å². The number of allylic oxidation sites excluding steroid dienone is 1. The summed E-state index contributed by atoms with van der Waals surface area (Å²) < 4.78 is 6.94. The van der Waals surface area contributed by atoms with Crippen molar-refractivity contribution in [2.45, 2.75) is 19.4 Å². The van der Waals surface area contributed by atoms with Crippen LogP contribution in [-0.2, 0) is 5.54 Å². The van der Waals surface area contributed by atoms with Crippen LogP contribution < -0.4 is 10.3 Å². The highest BCUT2D eigenvalue weighted by Gasteiger charge is 2.38. The molecule has 0 aliphatic carbocycles. The first-order chi connectivity index (χ1) is 8.01. The minimum Gasteiger partial charge on any atom is -0.428 e. The van der Waals surface area contributed by atoms with E-state index in [4.69, 9.17) is 4.74 Å². The van der Waals surface area contributed by atoms with Gasteiger partial charge in [-0.1, -0.05) is 6.58 Å². The Hall–Kier alpha value is -2.17. The lowest BCUT2D eigenvalue weighted by Crippen LogP contribution is -2.33. The van der Waals surface area contributed by atoms with E-state index in [2.05, 4.69) is 16.5 Å². The van der Waals surface area contributed by atoms with E-state index in [1.807, 2.05) is 13.8 Å². The van der Waals surface area contributed by atoms with Gasteiger partial charge in [0.25, 0.3) is 5.56 Å². The molecule has 5 heteroatoms. The van der Waals surface area contributed by atoms with Crippen LogP contribution in [0, 0.1) is 0 Å². The molecule has 3 rings (SSSR count). The first-order valence-corrected chi connectivity index (χ1v) is 5.27. The van der Waals surface area contributed by atoms with Crippen molar-refractivity contribution in [1.29, 1.82) is 0 Å². The Morgan fingerprint density at radius 3 is 3.00 bits per heavy atom. The summed E-state index contributed by atoms with van der Waals surface area (Å²) in [6.07, 6.45) is 1.60. The summed E-state index contributed by atoms with van der Waals surface area (Å²) in [5.41, 5.74) is -0.334. The van der Waals surface area contributed by atoms with Crippen molar-refractivity contribution >= 4 is 11.0 Å². The molecule has 0 radical (unpaired) electrons. The molecule has 1 aliphatic rings. The monoisotopic (exact) mass is 229 g/mol. The average Bonchev–Trinajstić information content (AvgIpc) is 2.50. The number of ether oxygens (including phenoxy) is 1. The fraction of sp³-hybridized carbons (Fsp3) is 0.250. The number of nitrogens with zero attached hydrogens (tertiary/aromatic N) is 3. The van der Waals surface area contributed by atoms with Crippen molar-refractivity contribution in [2.75, 3.05) is 0 Å². The molecule has 0 spiro atoms. The van der Waals surface area contributed by atoms with Crippen LogP contribution in [0.2, 0.25) is 0 Å². The molecule has 2 aromatic heterocycles. The van der Waals surface area contributed by atoms with Gasteiger partial charge in [0.15, 0.2) is 5.65 Å². The van der Waals surface area contributed by atoms with Crippen LogP contribution in [0.5, 0.6) is 6.01 Å². The molecular formula is C12H11N3O2. The van der Waals surface area contributed by atoms with Gasteiger partial charge in [-0.15, -0.1) is 0 Å². The highest BCUT2D eigenvalue weighted by atomic mass is 16.5. The van der Waals surface area contributed by atoms with Crippen molar-refractivity contribution in [2.24, 2.45) is 0 Å². The van der Waals surface area contributed by atoms with Crippen molar-refractivity contribution in [3.05, 3.63) is 41.0 Å². The van der Waals surface area contributed by atoms with Gasteiger partial charge in [-0.05, 0) is 26.0 Å². The maximum Gasteiger partial charge on any atom is 0.307 e. The molecule has 86 valence electrons. The van der Waals surface area contributed by atoms with E-state index in [9.17, 15) is 4.79 Å². The van der Waals surface area contributed by atoms with Gasteiger partial charge in [-0.25, -0.2) is 9.55 Å². The maximum absolute atomic E-state index is 12.3. The van der Waals surface area contributed by atoms with Gasteiger partial charge in [-0.2, -0.15) is 4.98 Å². The van der Waals surface area contributed by atoms with Gasteiger partial charge in [0.05, 0.1) is 5.39 Å². The Kier molecular flexibility index (Phi) is 1.73. The van der Waals surface area contributed by atoms with Gasteiger partial charge in [0.1, 0.15) is 11.3 Å². The quantitative estimate of drug-likeness (QED) is 0.685. The standard InChI is InChI=1S/C12H11N3O2/c1-7-12(2,3)15-10(16)8-5-4-6-13-9(8)14-11(15)17-7/h4-6H,1H2,2-3H3. The first kappa shape index (κ1) is 10.0. The van der Waals surface area contributed by atoms with Gasteiger partial charge in [-0.3, -0.25) is 4.79 Å². The van der Waals surface area contributed by atoms with Gasteiger partial charge >= 0.3 is 6.01 Å². The van der Waals surface area contributed by atoms with Gasteiger partial charge in [0, 0.05) is 6.20 Å². The third-order valence-corrected chi connectivity index (χ3v) is 3.07. The largest absolute Gasteiger partial charge is 0.428 e. The summed E-state index contributed by atoms with van der Waals surface area (Å²) in [6, 6.07) is 3.69. The summed E-state index contributed by atoms with van der Waals surface area (Å²) >= 11 is 0. The Labute approximate surface area is 97.4 Å². The van der Waals surface area contributed by atoms with Crippen LogP contribution in [0.25, 0.3) is 11.0 Å². The number of aromatic nitrogens is 3. The fourth-order valence-corrected chi connectivity index (χ4v) is 1.92. The average molecular weight is 229 g/mol. The molecule has 3 heterocycles. The van der Waals surface area contributed by atoms with Crippen LogP contribution in [-0.4, -0.2) is 14.5 Å². The molecule has 0 amide bonds. The lowest BCUT2D eigenvalue weighted by molar-refractivity contribution is 0.371. The summed E-state index contributed by atoms with van der Waals surface area (Å²) in [5, 5.41) is 0.489. The Bertz CT molecular complexity index is 700. The smallest absolute Gasteiger partial charge is 0.307 e. The van der Waals surface area contributed by atoms with Crippen LogP contribution >= 0.6 is 0 Å². The van der Waals surface area contributed by atoms with Gasteiger partial charge in [0.2, 0.25) is 0 Å². The predicted molar refractivity (Wildman–Crippen MR) is 62.9 cm³/mol. The minimum atomic E-state index is -0.580. The van der Waals surface area contributed by atoms with Crippen LogP contribution in [0.4, 0.5) is 0 Å². The second-order valence-corrected chi connectivity index (χ2v) is 4.49. The topological polar surface area (TPSA) is 57.0 Å². The number of hydrogen-bond donors (Lipinski definition) is 0. The van der Waals surface area contributed by atoms with Crippen molar-refractivity contribution < 1.29 is 4.74 Å². The normalized spacial score (nSPS) is 16.9. The van der Waals surface area contributed by atoms with Crippen molar-refractivity contribution in [3.63, 3.8) is 0 Å². The fourth-order valence-electron chi connectivity index (χ4n) is 1.92. The Morgan fingerprint density at radius 2 is 2.24 bits per heavy atom. The van der Waals surface area contributed by atoms with Crippen molar-refractivity contribution in [3.8, 4) is 6.01 Å². The van der Waals surface area contributed by atoms with Crippen molar-refractivity contribution in [1.82, 2.24) is 14.5 Å². The lowest BCUT2D eigenvalue weighted by Gasteiger charge is -2.18. The molecule has 1 aliphatic heterocycles. The molecule has 0 N–H and O–H groups in total. The summed E-state index contributed by atoms with van der Waals surface area (Å²) in [7, 11) is 0. The Morgan fingerprint density at radius 1 is 1.47 bits per heavy atom. The molecule has 0 saturated carbocycles. The van der Waals surface area contributed by atoms with Crippen LogP contribution in [0.1, 0.15) is 13.8 Å². The Balaban J connectivity index is 2.48. The number of rotatable bonds is 0. The predicted octanol–water partition coefficient (Wildman–Crippen LogP) is 1.43. The summed E-state index contributed by atoms with van der Waals surface area (Å²) in [6.45, 7) is 7.56. The summed E-state index contributed by atoms with van der Waals surface area (Å²) in [4.78, 5) is 20.6. The first-order valence-electron chi connectivity index (χ1n) is 5.27. The second-order valence-electron chi connectivity index (χ2n) is 4.49. The van der Waals surface area contributed by atoms with E-state index >= 15 is 0 Å². The molecule has 0 fully saturated rings. The van der Waals surface area contributed by atoms with E-state index in [-0.39, 0.29) is 11.6 Å². The molecule has 0 atom stereocenters.